The lowest BCUT2D eigenvalue weighted by Crippen LogP contribution is -2.02. The second-order valence-electron chi connectivity index (χ2n) is 3.67. The fourth-order valence-corrected chi connectivity index (χ4v) is 3.13. The van der Waals surface area contributed by atoms with Gasteiger partial charge < -0.3 is 5.73 Å². The molecule has 2 aromatic rings. The number of hydrogen-bond acceptors (Lipinski definition) is 3. The van der Waals surface area contributed by atoms with E-state index in [-0.39, 0.29) is 0 Å². The molecule has 17 heavy (non-hydrogen) atoms. The van der Waals surface area contributed by atoms with Gasteiger partial charge in [-0.25, -0.2) is 4.98 Å². The van der Waals surface area contributed by atoms with E-state index in [1.807, 2.05) is 19.1 Å². The predicted molar refractivity (Wildman–Crippen MR) is 75.1 cm³/mol. The van der Waals surface area contributed by atoms with Gasteiger partial charge in [-0.2, -0.15) is 0 Å². The molecule has 0 unspecified atom stereocenters. The zero-order chi connectivity index (χ0) is 12.4. The SMILES string of the molecule is Cc1nc(-c2ccc(Cl)cc2Cl)c(CCN)s1. The lowest BCUT2D eigenvalue weighted by atomic mass is 10.1. The van der Waals surface area contributed by atoms with Crippen LogP contribution in [-0.2, 0) is 6.42 Å². The van der Waals surface area contributed by atoms with Gasteiger partial charge in [-0.15, -0.1) is 11.3 Å². The number of benzene rings is 1. The van der Waals surface area contributed by atoms with Crippen molar-refractivity contribution in [3.05, 3.63) is 38.1 Å². The van der Waals surface area contributed by atoms with Gasteiger partial charge in [0.25, 0.3) is 0 Å². The molecule has 1 aromatic carbocycles. The maximum Gasteiger partial charge on any atom is 0.0904 e. The standard InChI is InChI=1S/C12H12Cl2N2S/c1-7-16-12(11(17-7)4-5-15)9-3-2-8(13)6-10(9)14/h2-3,6H,4-5,15H2,1H3. The first-order chi connectivity index (χ1) is 8.11. The highest BCUT2D eigenvalue weighted by Gasteiger charge is 2.13. The molecular formula is C12H12Cl2N2S. The number of halogens is 2. The molecule has 0 aliphatic carbocycles. The van der Waals surface area contributed by atoms with Gasteiger partial charge in [0.15, 0.2) is 0 Å². The Bertz CT molecular complexity index is 537. The van der Waals surface area contributed by atoms with E-state index >= 15 is 0 Å². The van der Waals surface area contributed by atoms with Crippen molar-refractivity contribution in [1.29, 1.82) is 0 Å². The van der Waals surface area contributed by atoms with Crippen LogP contribution in [0.4, 0.5) is 0 Å². The fourth-order valence-electron chi connectivity index (χ4n) is 1.66. The molecule has 2 nitrogen and oxygen atoms in total. The summed E-state index contributed by atoms with van der Waals surface area (Å²) in [6.45, 7) is 2.60. The molecule has 0 aliphatic rings. The van der Waals surface area contributed by atoms with Crippen LogP contribution in [0.25, 0.3) is 11.3 Å². The lowest BCUT2D eigenvalue weighted by Gasteiger charge is -2.04. The first-order valence-electron chi connectivity index (χ1n) is 5.23. The van der Waals surface area contributed by atoms with E-state index < -0.39 is 0 Å². The zero-order valence-corrected chi connectivity index (χ0v) is 11.7. The van der Waals surface area contributed by atoms with Gasteiger partial charge in [-0.3, -0.25) is 0 Å². The maximum atomic E-state index is 6.19. The molecule has 0 radical (unpaired) electrons. The van der Waals surface area contributed by atoms with Crippen molar-refractivity contribution in [3.8, 4) is 11.3 Å². The Kier molecular flexibility index (Phi) is 4.05. The van der Waals surface area contributed by atoms with Crippen molar-refractivity contribution in [2.45, 2.75) is 13.3 Å². The molecule has 2 rings (SSSR count). The summed E-state index contributed by atoms with van der Waals surface area (Å²) < 4.78 is 0. The second kappa shape index (κ2) is 5.36. The number of hydrogen-bond donors (Lipinski definition) is 1. The minimum absolute atomic E-state index is 0.611. The van der Waals surface area contributed by atoms with Crippen LogP contribution in [0.5, 0.6) is 0 Å². The second-order valence-corrected chi connectivity index (χ2v) is 5.80. The van der Waals surface area contributed by atoms with Crippen molar-refractivity contribution in [3.63, 3.8) is 0 Å². The molecule has 1 heterocycles. The van der Waals surface area contributed by atoms with Gasteiger partial charge >= 0.3 is 0 Å². The molecule has 90 valence electrons. The van der Waals surface area contributed by atoms with Gasteiger partial charge in [-0.1, -0.05) is 23.2 Å². The summed E-state index contributed by atoms with van der Waals surface area (Å²) in [5, 5.41) is 2.28. The molecule has 0 amide bonds. The zero-order valence-electron chi connectivity index (χ0n) is 9.34. The summed E-state index contributed by atoms with van der Waals surface area (Å²) >= 11 is 13.7. The topological polar surface area (TPSA) is 38.9 Å². The Morgan fingerprint density at radius 1 is 1.35 bits per heavy atom. The van der Waals surface area contributed by atoms with E-state index in [1.54, 1.807) is 17.4 Å². The van der Waals surface area contributed by atoms with Crippen LogP contribution < -0.4 is 5.73 Å². The summed E-state index contributed by atoms with van der Waals surface area (Å²) in [5.41, 5.74) is 7.45. The summed E-state index contributed by atoms with van der Waals surface area (Å²) in [7, 11) is 0. The summed E-state index contributed by atoms with van der Waals surface area (Å²) in [4.78, 5) is 5.70. The van der Waals surface area contributed by atoms with E-state index in [1.165, 1.54) is 4.88 Å². The van der Waals surface area contributed by atoms with E-state index in [0.717, 1.165) is 22.7 Å². The Balaban J connectivity index is 2.51. The van der Waals surface area contributed by atoms with Gasteiger partial charge in [0.1, 0.15) is 0 Å². The van der Waals surface area contributed by atoms with Crippen LogP contribution in [0.15, 0.2) is 18.2 Å². The molecule has 1 aromatic heterocycles. The van der Waals surface area contributed by atoms with Crippen LogP contribution >= 0.6 is 34.5 Å². The summed E-state index contributed by atoms with van der Waals surface area (Å²) in [5.74, 6) is 0. The smallest absolute Gasteiger partial charge is 0.0904 e. The number of nitrogens with two attached hydrogens (primary N) is 1. The molecular weight excluding hydrogens is 275 g/mol. The Morgan fingerprint density at radius 3 is 2.76 bits per heavy atom. The number of aryl methyl sites for hydroxylation is 1. The van der Waals surface area contributed by atoms with Crippen LogP contribution in [0.1, 0.15) is 9.88 Å². The average molecular weight is 287 g/mol. The van der Waals surface area contributed by atoms with Gasteiger partial charge in [0, 0.05) is 15.5 Å². The number of rotatable bonds is 3. The van der Waals surface area contributed by atoms with Crippen LogP contribution in [0.3, 0.4) is 0 Å². The third kappa shape index (κ3) is 2.80. The number of aromatic nitrogens is 1. The summed E-state index contributed by atoms with van der Waals surface area (Å²) in [6.07, 6.45) is 0.819. The lowest BCUT2D eigenvalue weighted by molar-refractivity contribution is 0.986. The average Bonchev–Trinajstić information content (AvgIpc) is 2.60. The molecule has 0 aliphatic heterocycles. The highest BCUT2D eigenvalue weighted by Crippen LogP contribution is 2.34. The normalized spacial score (nSPS) is 10.8. The molecule has 0 spiro atoms. The van der Waals surface area contributed by atoms with Crippen molar-refractivity contribution in [1.82, 2.24) is 4.98 Å². The van der Waals surface area contributed by atoms with E-state index in [4.69, 9.17) is 28.9 Å². The number of nitrogens with zero attached hydrogens (tertiary/aromatic N) is 1. The largest absolute Gasteiger partial charge is 0.330 e. The fraction of sp³-hybridized carbons (Fsp3) is 0.250. The first kappa shape index (κ1) is 12.8. The third-order valence-electron chi connectivity index (χ3n) is 2.36. The van der Waals surface area contributed by atoms with Gasteiger partial charge in [-0.05, 0) is 38.1 Å². The third-order valence-corrected chi connectivity index (χ3v) is 3.94. The first-order valence-corrected chi connectivity index (χ1v) is 6.81. The van der Waals surface area contributed by atoms with Crippen LogP contribution in [-0.4, -0.2) is 11.5 Å². The molecule has 0 atom stereocenters. The summed E-state index contributed by atoms with van der Waals surface area (Å²) in [6, 6.07) is 5.46. The molecule has 0 bridgehead atoms. The van der Waals surface area contributed by atoms with Gasteiger partial charge in [0.2, 0.25) is 0 Å². The van der Waals surface area contributed by atoms with Gasteiger partial charge in [0.05, 0.1) is 15.7 Å². The van der Waals surface area contributed by atoms with Crippen LogP contribution in [0.2, 0.25) is 10.0 Å². The Hall–Kier alpha value is -0.610. The Morgan fingerprint density at radius 2 is 2.12 bits per heavy atom. The minimum atomic E-state index is 0.611. The molecule has 0 fully saturated rings. The van der Waals surface area contributed by atoms with Crippen molar-refractivity contribution >= 4 is 34.5 Å². The van der Waals surface area contributed by atoms with Crippen molar-refractivity contribution in [2.75, 3.05) is 6.54 Å². The predicted octanol–water partition coefficient (Wildman–Crippen LogP) is 3.93. The van der Waals surface area contributed by atoms with Crippen molar-refractivity contribution in [2.24, 2.45) is 5.73 Å². The van der Waals surface area contributed by atoms with E-state index in [0.29, 0.717) is 16.6 Å². The molecule has 0 saturated heterocycles. The van der Waals surface area contributed by atoms with Crippen molar-refractivity contribution < 1.29 is 0 Å². The monoisotopic (exact) mass is 286 g/mol. The maximum absolute atomic E-state index is 6.19. The molecule has 5 heteroatoms. The molecule has 2 N–H and O–H groups in total. The highest BCUT2D eigenvalue weighted by atomic mass is 35.5. The quantitative estimate of drug-likeness (QED) is 0.929. The van der Waals surface area contributed by atoms with E-state index in [2.05, 4.69) is 4.98 Å². The highest BCUT2D eigenvalue weighted by molar-refractivity contribution is 7.12. The molecule has 0 saturated carbocycles. The Labute approximate surface area is 114 Å². The van der Waals surface area contributed by atoms with E-state index in [9.17, 15) is 0 Å². The number of thiazole rings is 1. The van der Waals surface area contributed by atoms with Crippen LogP contribution in [0, 0.1) is 6.92 Å². The minimum Gasteiger partial charge on any atom is -0.330 e.